The van der Waals surface area contributed by atoms with E-state index in [1.165, 1.54) is 78.4 Å². The van der Waals surface area contributed by atoms with Crippen LogP contribution in [0.3, 0.4) is 0 Å². The molecule has 3 nitrogen and oxygen atoms in total. The Morgan fingerprint density at radius 2 is 0.491 bits per heavy atom. The number of aryl methyl sites for hydroxylation is 6. The van der Waals surface area contributed by atoms with Crippen LogP contribution in [0.5, 0.6) is 0 Å². The van der Waals surface area contributed by atoms with Gasteiger partial charge in [-0.05, 0) is 157 Å². The molecule has 0 radical (unpaired) electrons. The largest absolute Gasteiger partial charge is 0.337 e. The molecule has 7 aromatic carbocycles. The third-order valence-corrected chi connectivity index (χ3v) is 10.9. The molecule has 7 aromatic rings. The molecular weight excluding hydrogens is 667 g/mol. The van der Waals surface area contributed by atoms with E-state index < -0.39 is 0 Å². The Labute approximate surface area is 329 Å². The van der Waals surface area contributed by atoms with Gasteiger partial charge in [0.1, 0.15) is 0 Å². The minimum atomic E-state index is 0.690. The van der Waals surface area contributed by atoms with Gasteiger partial charge in [0.25, 0.3) is 0 Å². The molecule has 0 N–H and O–H groups in total. The standard InChI is InChI=1S/C52H53N3/c1-35-10-22-44(23-11-35)53(45-24-12-36(2)13-25-45)34-50-41(7)51(54(46-26-14-37(3)15-27-46)47-28-16-38(4)17-29-47)43(9)52(42(50)8)55(48-30-18-39(5)19-31-48)49-32-20-40(6)21-33-49/h10-33H,34H2,1-9H3. The molecule has 0 aromatic heterocycles. The Kier molecular flexibility index (Phi) is 10.7. The minimum absolute atomic E-state index is 0.690. The van der Waals surface area contributed by atoms with Crippen molar-refractivity contribution in [3.63, 3.8) is 0 Å². The molecule has 0 atom stereocenters. The lowest BCUT2D eigenvalue weighted by atomic mass is 9.91. The second-order valence-electron chi connectivity index (χ2n) is 15.3. The van der Waals surface area contributed by atoms with E-state index in [4.69, 9.17) is 0 Å². The molecule has 0 fully saturated rings. The maximum Gasteiger partial charge on any atom is 0.0544 e. The maximum atomic E-state index is 2.47. The van der Waals surface area contributed by atoms with Crippen molar-refractivity contribution in [2.45, 2.75) is 68.9 Å². The predicted octanol–water partition coefficient (Wildman–Crippen LogP) is 14.7. The molecule has 0 spiro atoms. The monoisotopic (exact) mass is 719 g/mol. The first-order chi connectivity index (χ1) is 26.5. The Bertz CT molecular complexity index is 2130. The highest BCUT2D eigenvalue weighted by atomic mass is 15.2. The van der Waals surface area contributed by atoms with Gasteiger partial charge in [-0.15, -0.1) is 0 Å². The molecule has 0 bridgehead atoms. The molecule has 55 heavy (non-hydrogen) atoms. The van der Waals surface area contributed by atoms with Crippen LogP contribution in [0.2, 0.25) is 0 Å². The van der Waals surface area contributed by atoms with E-state index in [-0.39, 0.29) is 0 Å². The average Bonchev–Trinajstić information content (AvgIpc) is 3.18. The fourth-order valence-corrected chi connectivity index (χ4v) is 7.68. The van der Waals surface area contributed by atoms with Crippen molar-refractivity contribution >= 4 is 45.5 Å². The van der Waals surface area contributed by atoms with Crippen LogP contribution in [0, 0.1) is 62.3 Å². The molecule has 3 heteroatoms. The third kappa shape index (κ3) is 7.79. The summed E-state index contributed by atoms with van der Waals surface area (Å²) in [5, 5.41) is 0. The highest BCUT2D eigenvalue weighted by molar-refractivity contribution is 5.91. The van der Waals surface area contributed by atoms with E-state index >= 15 is 0 Å². The van der Waals surface area contributed by atoms with Crippen LogP contribution >= 0.6 is 0 Å². The maximum absolute atomic E-state index is 2.47. The fourth-order valence-electron chi connectivity index (χ4n) is 7.68. The Morgan fingerprint density at radius 1 is 0.273 bits per heavy atom. The number of hydrogen-bond acceptors (Lipinski definition) is 3. The number of benzene rings is 7. The van der Waals surface area contributed by atoms with Crippen LogP contribution in [0.15, 0.2) is 146 Å². The summed E-state index contributed by atoms with van der Waals surface area (Å²) in [6.07, 6.45) is 0. The highest BCUT2D eigenvalue weighted by Crippen LogP contribution is 2.49. The van der Waals surface area contributed by atoms with Gasteiger partial charge in [0, 0.05) is 40.7 Å². The molecule has 0 aliphatic heterocycles. The van der Waals surface area contributed by atoms with Gasteiger partial charge < -0.3 is 14.7 Å². The smallest absolute Gasteiger partial charge is 0.0544 e. The van der Waals surface area contributed by atoms with E-state index in [9.17, 15) is 0 Å². The number of rotatable bonds is 10. The van der Waals surface area contributed by atoms with E-state index in [2.05, 4.69) is 223 Å². The molecule has 0 aliphatic carbocycles. The van der Waals surface area contributed by atoms with Crippen LogP contribution in [-0.4, -0.2) is 0 Å². The third-order valence-electron chi connectivity index (χ3n) is 10.9. The molecule has 276 valence electrons. The summed E-state index contributed by atoms with van der Waals surface area (Å²) in [4.78, 5) is 7.42. The van der Waals surface area contributed by atoms with Crippen molar-refractivity contribution in [1.29, 1.82) is 0 Å². The van der Waals surface area contributed by atoms with Gasteiger partial charge >= 0.3 is 0 Å². The van der Waals surface area contributed by atoms with E-state index in [1.54, 1.807) is 0 Å². The summed E-state index contributed by atoms with van der Waals surface area (Å²) >= 11 is 0. The highest BCUT2D eigenvalue weighted by Gasteiger charge is 2.29. The molecule has 0 saturated heterocycles. The van der Waals surface area contributed by atoms with Crippen LogP contribution in [-0.2, 0) is 6.54 Å². The molecule has 0 heterocycles. The molecule has 0 unspecified atom stereocenters. The lowest BCUT2D eigenvalue weighted by Gasteiger charge is -2.37. The first-order valence-corrected chi connectivity index (χ1v) is 19.4. The predicted molar refractivity (Wildman–Crippen MR) is 237 cm³/mol. The van der Waals surface area contributed by atoms with Crippen molar-refractivity contribution in [3.05, 3.63) is 201 Å². The van der Waals surface area contributed by atoms with Crippen molar-refractivity contribution in [1.82, 2.24) is 0 Å². The summed E-state index contributed by atoms with van der Waals surface area (Å²) in [5.74, 6) is 0. The zero-order chi connectivity index (χ0) is 38.8. The van der Waals surface area contributed by atoms with Gasteiger partial charge in [-0.25, -0.2) is 0 Å². The quantitative estimate of drug-likeness (QED) is 0.139. The topological polar surface area (TPSA) is 9.72 Å². The summed E-state index contributed by atoms with van der Waals surface area (Å²) in [6, 6.07) is 53.7. The number of hydrogen-bond donors (Lipinski definition) is 0. The fraction of sp³-hybridized carbons (Fsp3) is 0.192. The van der Waals surface area contributed by atoms with Crippen LogP contribution in [0.4, 0.5) is 45.5 Å². The van der Waals surface area contributed by atoms with E-state index in [1.807, 2.05) is 0 Å². The Morgan fingerprint density at radius 3 is 0.727 bits per heavy atom. The Hall–Kier alpha value is -6.06. The zero-order valence-corrected chi connectivity index (χ0v) is 33.9. The molecule has 0 amide bonds. The van der Waals surface area contributed by atoms with Crippen molar-refractivity contribution in [2.75, 3.05) is 14.7 Å². The zero-order valence-electron chi connectivity index (χ0n) is 33.9. The first kappa shape index (κ1) is 37.3. The van der Waals surface area contributed by atoms with Gasteiger partial charge in [0.15, 0.2) is 0 Å². The average molecular weight is 720 g/mol. The van der Waals surface area contributed by atoms with Gasteiger partial charge in [0.2, 0.25) is 0 Å². The Balaban J connectivity index is 1.56. The summed E-state index contributed by atoms with van der Waals surface area (Å²) in [6.45, 7) is 20.6. The van der Waals surface area contributed by atoms with Crippen LogP contribution < -0.4 is 14.7 Å². The first-order valence-electron chi connectivity index (χ1n) is 19.4. The lowest BCUT2D eigenvalue weighted by molar-refractivity contribution is 0.944. The van der Waals surface area contributed by atoms with Gasteiger partial charge in [-0.2, -0.15) is 0 Å². The van der Waals surface area contributed by atoms with Crippen molar-refractivity contribution in [3.8, 4) is 0 Å². The second-order valence-corrected chi connectivity index (χ2v) is 15.3. The minimum Gasteiger partial charge on any atom is -0.337 e. The van der Waals surface area contributed by atoms with Crippen molar-refractivity contribution in [2.24, 2.45) is 0 Å². The van der Waals surface area contributed by atoms with Crippen molar-refractivity contribution < 1.29 is 0 Å². The van der Waals surface area contributed by atoms with E-state index in [0.717, 1.165) is 22.7 Å². The summed E-state index contributed by atoms with van der Waals surface area (Å²) < 4.78 is 0. The van der Waals surface area contributed by atoms with Crippen LogP contribution in [0.1, 0.15) is 55.6 Å². The van der Waals surface area contributed by atoms with Gasteiger partial charge in [-0.3, -0.25) is 0 Å². The molecule has 0 saturated carbocycles. The summed E-state index contributed by atoms with van der Waals surface area (Å²) in [5.41, 5.74) is 21.7. The second kappa shape index (κ2) is 15.7. The summed E-state index contributed by atoms with van der Waals surface area (Å²) in [7, 11) is 0. The molecule has 7 rings (SSSR count). The number of anilines is 8. The molecule has 0 aliphatic rings. The number of nitrogens with zero attached hydrogens (tertiary/aromatic N) is 3. The van der Waals surface area contributed by atoms with Crippen LogP contribution in [0.25, 0.3) is 0 Å². The van der Waals surface area contributed by atoms with Gasteiger partial charge in [-0.1, -0.05) is 106 Å². The van der Waals surface area contributed by atoms with E-state index in [0.29, 0.717) is 6.54 Å². The molecular formula is C52H53N3. The normalized spacial score (nSPS) is 11.1. The lowest BCUT2D eigenvalue weighted by Crippen LogP contribution is -2.23. The SMILES string of the molecule is Cc1ccc(N(Cc2c(C)c(N(c3ccc(C)cc3)c3ccc(C)cc3)c(C)c(N(c3ccc(C)cc3)c3ccc(C)cc3)c2C)c2ccc(C)cc2)cc1. The van der Waals surface area contributed by atoms with Gasteiger partial charge in [0.05, 0.1) is 11.4 Å².